The second-order valence-electron chi connectivity index (χ2n) is 5.51. The molecule has 1 aliphatic heterocycles. The first kappa shape index (κ1) is 14.9. The summed E-state index contributed by atoms with van der Waals surface area (Å²) in [5.41, 5.74) is 5.49. The van der Waals surface area contributed by atoms with Crippen LogP contribution in [-0.2, 0) is 6.54 Å². The number of aliphatic imine (C=N–C) groups is 1. The summed E-state index contributed by atoms with van der Waals surface area (Å²) in [6.07, 6.45) is 1.79. The van der Waals surface area contributed by atoms with Crippen LogP contribution in [0.2, 0.25) is 5.02 Å². The number of halogens is 1. The summed E-state index contributed by atoms with van der Waals surface area (Å²) in [6.45, 7) is 2.34. The number of hydrogen-bond donors (Lipinski definition) is 0. The van der Waals surface area contributed by atoms with Crippen molar-refractivity contribution in [3.05, 3.63) is 64.1 Å². The van der Waals surface area contributed by atoms with Crippen LogP contribution in [0.15, 0.2) is 46.0 Å². The standard InChI is InChI=1S/C18H14ClN3O2/c1-10-17-14-8-20-16(23-2)7-13(14)18(21-9-15(17)24-22-10)11-3-5-12(19)6-4-11/h3-8H,9H2,1-2H3. The van der Waals surface area contributed by atoms with Crippen LogP contribution in [0.1, 0.15) is 22.6 Å². The van der Waals surface area contributed by atoms with Gasteiger partial charge in [0.25, 0.3) is 0 Å². The molecule has 0 N–H and O–H groups in total. The molecule has 24 heavy (non-hydrogen) atoms. The highest BCUT2D eigenvalue weighted by atomic mass is 35.5. The van der Waals surface area contributed by atoms with Gasteiger partial charge in [-0.1, -0.05) is 28.9 Å². The Morgan fingerprint density at radius 1 is 1.17 bits per heavy atom. The molecule has 1 aromatic carbocycles. The van der Waals surface area contributed by atoms with Gasteiger partial charge in [-0.2, -0.15) is 0 Å². The molecule has 3 heterocycles. The molecule has 0 radical (unpaired) electrons. The van der Waals surface area contributed by atoms with Crippen molar-refractivity contribution in [3.8, 4) is 17.0 Å². The molecule has 0 spiro atoms. The number of benzene rings is 1. The van der Waals surface area contributed by atoms with E-state index in [1.54, 1.807) is 13.3 Å². The van der Waals surface area contributed by atoms with Crippen molar-refractivity contribution < 1.29 is 9.26 Å². The van der Waals surface area contributed by atoms with Gasteiger partial charge in [0, 0.05) is 34.0 Å². The van der Waals surface area contributed by atoms with E-state index in [1.165, 1.54) is 0 Å². The van der Waals surface area contributed by atoms with Crippen LogP contribution in [0, 0.1) is 6.92 Å². The maximum atomic E-state index is 6.01. The fourth-order valence-corrected chi connectivity index (χ4v) is 3.03. The maximum Gasteiger partial charge on any atom is 0.213 e. The van der Waals surface area contributed by atoms with Crippen LogP contribution in [0.3, 0.4) is 0 Å². The lowest BCUT2D eigenvalue weighted by Gasteiger charge is -2.11. The number of fused-ring (bicyclic) bond motifs is 3. The van der Waals surface area contributed by atoms with Gasteiger partial charge in [0.05, 0.1) is 24.1 Å². The summed E-state index contributed by atoms with van der Waals surface area (Å²) in [4.78, 5) is 9.10. The Labute approximate surface area is 143 Å². The molecule has 4 rings (SSSR count). The molecule has 5 nitrogen and oxygen atoms in total. The van der Waals surface area contributed by atoms with E-state index in [0.717, 1.165) is 39.4 Å². The number of aryl methyl sites for hydroxylation is 1. The van der Waals surface area contributed by atoms with Crippen LogP contribution < -0.4 is 4.74 Å². The topological polar surface area (TPSA) is 60.5 Å². The van der Waals surface area contributed by atoms with Crippen molar-refractivity contribution in [2.45, 2.75) is 13.5 Å². The van der Waals surface area contributed by atoms with Gasteiger partial charge >= 0.3 is 0 Å². The Morgan fingerprint density at radius 2 is 1.96 bits per heavy atom. The maximum absolute atomic E-state index is 6.01. The number of nitrogens with zero attached hydrogens (tertiary/aromatic N) is 3. The highest BCUT2D eigenvalue weighted by Crippen LogP contribution is 2.35. The van der Waals surface area contributed by atoms with E-state index in [-0.39, 0.29) is 0 Å². The summed E-state index contributed by atoms with van der Waals surface area (Å²) in [5, 5.41) is 4.76. The molecule has 120 valence electrons. The Balaban J connectivity index is 1.97. The number of pyridine rings is 1. The fraction of sp³-hybridized carbons (Fsp3) is 0.167. The first-order valence-electron chi connectivity index (χ1n) is 7.47. The molecule has 0 fully saturated rings. The minimum atomic E-state index is 0.422. The molecular formula is C18H14ClN3O2. The van der Waals surface area contributed by atoms with E-state index in [1.807, 2.05) is 37.3 Å². The highest BCUT2D eigenvalue weighted by molar-refractivity contribution is 6.30. The molecule has 0 unspecified atom stereocenters. The highest BCUT2D eigenvalue weighted by Gasteiger charge is 2.25. The molecule has 0 atom stereocenters. The number of hydrogen-bond acceptors (Lipinski definition) is 5. The summed E-state index contributed by atoms with van der Waals surface area (Å²) in [5.74, 6) is 1.28. The third kappa shape index (κ3) is 2.37. The summed E-state index contributed by atoms with van der Waals surface area (Å²) >= 11 is 6.01. The van der Waals surface area contributed by atoms with Crippen molar-refractivity contribution in [1.82, 2.24) is 10.1 Å². The second-order valence-corrected chi connectivity index (χ2v) is 5.95. The van der Waals surface area contributed by atoms with Crippen LogP contribution >= 0.6 is 11.6 Å². The lowest BCUT2D eigenvalue weighted by Crippen LogP contribution is -2.06. The van der Waals surface area contributed by atoms with Gasteiger partial charge in [-0.3, -0.25) is 4.99 Å². The Morgan fingerprint density at radius 3 is 2.71 bits per heavy atom. The Bertz CT molecular complexity index is 945. The molecule has 0 saturated carbocycles. The van der Waals surface area contributed by atoms with Crippen LogP contribution in [-0.4, -0.2) is 23.0 Å². The number of ether oxygens (including phenoxy) is 1. The van der Waals surface area contributed by atoms with Gasteiger partial charge in [-0.25, -0.2) is 4.98 Å². The van der Waals surface area contributed by atoms with E-state index in [9.17, 15) is 0 Å². The Hall–Kier alpha value is -2.66. The quantitative estimate of drug-likeness (QED) is 0.706. The zero-order chi connectivity index (χ0) is 16.7. The zero-order valence-electron chi connectivity index (χ0n) is 13.2. The van der Waals surface area contributed by atoms with Crippen molar-refractivity contribution in [2.75, 3.05) is 7.11 Å². The fourth-order valence-electron chi connectivity index (χ4n) is 2.90. The third-order valence-corrected chi connectivity index (χ3v) is 4.30. The molecule has 0 saturated heterocycles. The predicted octanol–water partition coefficient (Wildman–Crippen LogP) is 4.06. The molecule has 6 heteroatoms. The average Bonchev–Trinajstić information content (AvgIpc) is 2.88. The second kappa shape index (κ2) is 5.76. The zero-order valence-corrected chi connectivity index (χ0v) is 14.0. The number of aromatic nitrogens is 2. The normalized spacial score (nSPS) is 12.9. The smallest absolute Gasteiger partial charge is 0.213 e. The molecule has 0 bridgehead atoms. The van der Waals surface area contributed by atoms with E-state index in [4.69, 9.17) is 25.9 Å². The molecule has 0 aliphatic carbocycles. The SMILES string of the molecule is COc1cc2c(cn1)-c1c(C)noc1CN=C2c1ccc(Cl)cc1. The first-order chi connectivity index (χ1) is 11.7. The van der Waals surface area contributed by atoms with Crippen molar-refractivity contribution >= 4 is 17.3 Å². The minimum absolute atomic E-state index is 0.422. The van der Waals surface area contributed by atoms with Gasteiger partial charge < -0.3 is 9.26 Å². The van der Waals surface area contributed by atoms with E-state index in [2.05, 4.69) is 10.1 Å². The van der Waals surface area contributed by atoms with Crippen LogP contribution in [0.25, 0.3) is 11.1 Å². The molecular weight excluding hydrogens is 326 g/mol. The third-order valence-electron chi connectivity index (χ3n) is 4.04. The molecule has 0 amide bonds. The lowest BCUT2D eigenvalue weighted by atomic mass is 9.95. The van der Waals surface area contributed by atoms with E-state index < -0.39 is 0 Å². The number of methoxy groups -OCH3 is 1. The predicted molar refractivity (Wildman–Crippen MR) is 91.8 cm³/mol. The first-order valence-corrected chi connectivity index (χ1v) is 7.85. The molecule has 1 aliphatic rings. The van der Waals surface area contributed by atoms with Crippen molar-refractivity contribution in [2.24, 2.45) is 4.99 Å². The lowest BCUT2D eigenvalue weighted by molar-refractivity contribution is 0.382. The molecule has 3 aromatic rings. The summed E-state index contributed by atoms with van der Waals surface area (Å²) < 4.78 is 10.7. The van der Waals surface area contributed by atoms with E-state index >= 15 is 0 Å². The average molecular weight is 340 g/mol. The van der Waals surface area contributed by atoms with Crippen molar-refractivity contribution in [3.63, 3.8) is 0 Å². The number of rotatable bonds is 2. The Kier molecular flexibility index (Phi) is 3.58. The van der Waals surface area contributed by atoms with Gasteiger partial charge in [0.15, 0.2) is 5.76 Å². The minimum Gasteiger partial charge on any atom is -0.481 e. The summed E-state index contributed by atoms with van der Waals surface area (Å²) in [7, 11) is 1.60. The van der Waals surface area contributed by atoms with Gasteiger partial charge in [0.2, 0.25) is 5.88 Å². The summed E-state index contributed by atoms with van der Waals surface area (Å²) in [6, 6.07) is 9.51. The molecule has 2 aromatic heterocycles. The van der Waals surface area contributed by atoms with Gasteiger partial charge in [-0.05, 0) is 19.1 Å². The monoisotopic (exact) mass is 339 g/mol. The van der Waals surface area contributed by atoms with Crippen LogP contribution in [0.4, 0.5) is 0 Å². The largest absolute Gasteiger partial charge is 0.481 e. The van der Waals surface area contributed by atoms with Gasteiger partial charge in [-0.15, -0.1) is 0 Å². The van der Waals surface area contributed by atoms with Crippen molar-refractivity contribution in [1.29, 1.82) is 0 Å². The van der Waals surface area contributed by atoms with Crippen LogP contribution in [0.5, 0.6) is 5.88 Å². The van der Waals surface area contributed by atoms with E-state index in [0.29, 0.717) is 17.4 Å². The van der Waals surface area contributed by atoms with Gasteiger partial charge in [0.1, 0.15) is 6.54 Å².